The van der Waals surface area contributed by atoms with Gasteiger partial charge in [-0.1, -0.05) is 41.5 Å². The lowest BCUT2D eigenvalue weighted by atomic mass is 9.86. The zero-order valence-corrected chi connectivity index (χ0v) is 31.6. The van der Waals surface area contributed by atoms with Crippen LogP contribution in [0.5, 0.6) is 0 Å². The molecule has 0 aliphatic rings. The van der Waals surface area contributed by atoms with Gasteiger partial charge in [-0.15, -0.1) is 23.5 Å². The van der Waals surface area contributed by atoms with E-state index >= 15 is 0 Å². The number of nitrogens with zero attached hydrogens (tertiary/aromatic N) is 4. The maximum atomic E-state index is 13.8. The van der Waals surface area contributed by atoms with Gasteiger partial charge in [-0.3, -0.25) is 19.2 Å². The molecule has 2 heterocycles. The summed E-state index contributed by atoms with van der Waals surface area (Å²) >= 11 is 2.77. The van der Waals surface area contributed by atoms with Crippen LogP contribution in [0, 0.1) is 0 Å². The molecule has 2 aromatic carbocycles. The Morgan fingerprint density at radius 3 is 1.48 bits per heavy atom. The molecule has 0 radical (unpaired) electrons. The molecule has 0 saturated heterocycles. The number of hydrogen-bond donors (Lipinski definition) is 6. The molecule has 52 heavy (non-hydrogen) atoms. The van der Waals surface area contributed by atoms with Crippen molar-refractivity contribution in [2.45, 2.75) is 62.2 Å². The van der Waals surface area contributed by atoms with Crippen LogP contribution in [0.3, 0.4) is 0 Å². The number of rotatable bonds is 13. The van der Waals surface area contributed by atoms with E-state index in [4.69, 9.17) is 17.2 Å². The van der Waals surface area contributed by atoms with Gasteiger partial charge >= 0.3 is 0 Å². The smallest absolute Gasteiger partial charge is 0.274 e. The number of thioether (sulfide) groups is 2. The fourth-order valence-corrected chi connectivity index (χ4v) is 6.45. The predicted octanol–water partition coefficient (Wildman–Crippen LogP) is 5.11. The number of nitrogens with two attached hydrogens (primary N) is 3. The molecule has 0 fully saturated rings. The van der Waals surface area contributed by atoms with Crippen molar-refractivity contribution in [2.24, 2.45) is 11.5 Å². The Hall–Kier alpha value is -4.90. The monoisotopic (exact) mass is 744 g/mol. The maximum Gasteiger partial charge on any atom is 0.274 e. The number of anilines is 4. The third-order valence-corrected chi connectivity index (χ3v) is 9.94. The fourth-order valence-electron chi connectivity index (χ4n) is 4.79. The van der Waals surface area contributed by atoms with Gasteiger partial charge in [-0.05, 0) is 52.3 Å². The lowest BCUT2D eigenvalue weighted by Gasteiger charge is -2.24. The van der Waals surface area contributed by atoms with Gasteiger partial charge in [0.2, 0.25) is 0 Å². The van der Waals surface area contributed by atoms with E-state index in [0.29, 0.717) is 63.4 Å². The number of aldehydes is 1. The molecule has 274 valence electrons. The quantitative estimate of drug-likeness (QED) is 0.0594. The van der Waals surface area contributed by atoms with Crippen molar-refractivity contribution in [1.29, 1.82) is 0 Å². The van der Waals surface area contributed by atoms with Crippen molar-refractivity contribution < 1.29 is 19.2 Å². The average molecular weight is 745 g/mol. The van der Waals surface area contributed by atoms with Crippen LogP contribution in [0.4, 0.5) is 22.7 Å². The molecule has 2 aromatic heterocycles. The van der Waals surface area contributed by atoms with Crippen LogP contribution in [0.1, 0.15) is 94.6 Å². The van der Waals surface area contributed by atoms with Gasteiger partial charge in [0.25, 0.3) is 17.7 Å². The summed E-state index contributed by atoms with van der Waals surface area (Å²) in [5.74, 6) is -0.686. The molecule has 0 spiro atoms. The minimum absolute atomic E-state index is 0.0108. The second kappa shape index (κ2) is 17.1. The SMILES string of the molecule is CC(C)(C)c1cc(N)c(SCCN)c(NC(=O)c2cc(C(=O)Nc3cc(C(C)(C)C)cc(NC(=O)c4cc(C=O)ncn4)c3SCCN)ncn2)c1. The van der Waals surface area contributed by atoms with Crippen LogP contribution in [-0.4, -0.2) is 68.5 Å². The summed E-state index contributed by atoms with van der Waals surface area (Å²) in [6, 6.07) is 10.0. The highest BCUT2D eigenvalue weighted by atomic mass is 32.2. The molecular formula is C36H44N10O4S2. The van der Waals surface area contributed by atoms with Crippen molar-refractivity contribution in [1.82, 2.24) is 19.9 Å². The number of carbonyl (C=O) groups excluding carboxylic acids is 4. The number of carbonyl (C=O) groups is 4. The van der Waals surface area contributed by atoms with Gasteiger partial charge < -0.3 is 33.2 Å². The van der Waals surface area contributed by atoms with Crippen molar-refractivity contribution >= 4 is 70.3 Å². The van der Waals surface area contributed by atoms with Gasteiger partial charge in [0.05, 0.1) is 26.9 Å². The summed E-state index contributed by atoms with van der Waals surface area (Å²) in [6.07, 6.45) is 2.80. The third kappa shape index (κ3) is 10.1. The summed E-state index contributed by atoms with van der Waals surface area (Å²) < 4.78 is 0. The van der Waals surface area contributed by atoms with Crippen molar-refractivity contribution in [2.75, 3.05) is 46.3 Å². The van der Waals surface area contributed by atoms with Crippen molar-refractivity contribution in [3.05, 3.63) is 83.0 Å². The lowest BCUT2D eigenvalue weighted by molar-refractivity contribution is 0.101. The number of amides is 3. The number of hydrogen-bond acceptors (Lipinski definition) is 13. The van der Waals surface area contributed by atoms with Gasteiger partial charge in [0.1, 0.15) is 35.4 Å². The number of benzene rings is 2. The first-order valence-electron chi connectivity index (χ1n) is 16.4. The van der Waals surface area contributed by atoms with Crippen molar-refractivity contribution in [3.8, 4) is 0 Å². The molecule has 0 bridgehead atoms. The minimum Gasteiger partial charge on any atom is -0.398 e. The topological polar surface area (TPSA) is 234 Å². The van der Waals surface area contributed by atoms with Crippen molar-refractivity contribution in [3.63, 3.8) is 0 Å². The Morgan fingerprint density at radius 2 is 1.04 bits per heavy atom. The molecule has 0 saturated carbocycles. The van der Waals surface area contributed by atoms with Crippen LogP contribution < -0.4 is 33.2 Å². The largest absolute Gasteiger partial charge is 0.398 e. The minimum atomic E-state index is -0.612. The molecule has 4 rings (SSSR count). The van der Waals surface area contributed by atoms with Crippen LogP contribution in [0.2, 0.25) is 0 Å². The molecule has 0 unspecified atom stereocenters. The first-order valence-corrected chi connectivity index (χ1v) is 18.3. The van der Waals surface area contributed by atoms with E-state index in [2.05, 4.69) is 35.9 Å². The van der Waals surface area contributed by atoms with E-state index in [9.17, 15) is 19.2 Å². The lowest BCUT2D eigenvalue weighted by Crippen LogP contribution is -2.21. The van der Waals surface area contributed by atoms with E-state index in [-0.39, 0.29) is 28.2 Å². The van der Waals surface area contributed by atoms with Gasteiger partial charge in [-0.25, -0.2) is 19.9 Å². The predicted molar refractivity (Wildman–Crippen MR) is 208 cm³/mol. The highest BCUT2D eigenvalue weighted by molar-refractivity contribution is 7.99. The summed E-state index contributed by atoms with van der Waals surface area (Å²) in [4.78, 5) is 69.3. The average Bonchev–Trinajstić information content (AvgIpc) is 3.09. The Bertz CT molecular complexity index is 1980. The normalized spacial score (nSPS) is 11.5. The first-order chi connectivity index (χ1) is 24.5. The molecule has 16 heteroatoms. The van der Waals surface area contributed by atoms with Crippen LogP contribution >= 0.6 is 23.5 Å². The molecular weight excluding hydrogens is 701 g/mol. The number of aromatic nitrogens is 4. The zero-order valence-electron chi connectivity index (χ0n) is 30.0. The first kappa shape index (κ1) is 39.9. The van der Waals surface area contributed by atoms with E-state index in [1.54, 1.807) is 0 Å². The van der Waals surface area contributed by atoms with E-state index in [1.807, 2.05) is 65.8 Å². The molecule has 0 aliphatic carbocycles. The highest BCUT2D eigenvalue weighted by Gasteiger charge is 2.24. The summed E-state index contributed by atoms with van der Waals surface area (Å²) in [5.41, 5.74) is 20.9. The van der Waals surface area contributed by atoms with E-state index in [0.717, 1.165) is 23.8 Å². The van der Waals surface area contributed by atoms with Gasteiger partial charge in [0, 0.05) is 36.3 Å². The zero-order chi connectivity index (χ0) is 38.2. The van der Waals surface area contributed by atoms with E-state index in [1.165, 1.54) is 35.7 Å². The summed E-state index contributed by atoms with van der Waals surface area (Å²) in [5, 5.41) is 8.72. The Kier molecular flexibility index (Phi) is 13.1. The van der Waals surface area contributed by atoms with Crippen LogP contribution in [0.15, 0.2) is 58.8 Å². The Balaban J connectivity index is 1.69. The molecule has 0 aliphatic heterocycles. The molecule has 14 nitrogen and oxygen atoms in total. The Morgan fingerprint density at radius 1 is 0.635 bits per heavy atom. The highest BCUT2D eigenvalue weighted by Crippen LogP contribution is 2.40. The van der Waals surface area contributed by atoms with Gasteiger partial charge in [-0.2, -0.15) is 0 Å². The third-order valence-electron chi connectivity index (χ3n) is 7.59. The standard InChI is InChI=1S/C36H44N10O4S2/c1-35(2,3)20-11-23(39)30(51-9-7-37)24(12-20)44-33(49)28-16-29(43-19-42-28)34(50)46-26-14-21(36(4,5)6)13-25(31(26)52-10-8-38)45-32(48)27-15-22(17-47)40-18-41-27/h11-19H,7-10,37-39H2,1-6H3,(H,44,49)(H,45,48)(H,46,50). The molecule has 4 aromatic rings. The van der Waals surface area contributed by atoms with Crippen LogP contribution in [0.25, 0.3) is 0 Å². The number of nitrogen functional groups attached to an aromatic ring is 1. The van der Waals surface area contributed by atoms with Gasteiger partial charge in [0.15, 0.2) is 6.29 Å². The second-order valence-electron chi connectivity index (χ2n) is 13.7. The number of nitrogens with one attached hydrogen (secondary N) is 3. The Labute approximate surface area is 311 Å². The summed E-state index contributed by atoms with van der Waals surface area (Å²) in [7, 11) is 0. The van der Waals surface area contributed by atoms with E-state index < -0.39 is 23.1 Å². The van der Waals surface area contributed by atoms with Crippen LogP contribution in [-0.2, 0) is 10.8 Å². The second-order valence-corrected chi connectivity index (χ2v) is 15.9. The summed E-state index contributed by atoms with van der Waals surface area (Å²) in [6.45, 7) is 12.9. The molecule has 3 amide bonds. The molecule has 0 atom stereocenters. The maximum absolute atomic E-state index is 13.8. The fraction of sp³-hybridized carbons (Fsp3) is 0.333. The molecule has 9 N–H and O–H groups in total.